The SMILES string of the molecule is [2H]C([2H])([2H])NC(=O)N1CCC[C@@H](N(C(=O)NCC#Cc2cccc(Cl)c2)C2CC2)C1. The lowest BCUT2D eigenvalue weighted by atomic mass is 10.0. The van der Waals surface area contributed by atoms with Crippen LogP contribution in [0.3, 0.4) is 0 Å². The number of nitrogens with zero attached hydrogens (tertiary/aromatic N) is 2. The first-order valence-electron chi connectivity index (χ1n) is 10.6. The van der Waals surface area contributed by atoms with E-state index in [1.165, 1.54) is 4.90 Å². The van der Waals surface area contributed by atoms with Crippen molar-refractivity contribution in [1.29, 1.82) is 0 Å². The fourth-order valence-corrected chi connectivity index (χ4v) is 3.54. The van der Waals surface area contributed by atoms with E-state index in [4.69, 9.17) is 15.7 Å². The molecule has 1 aromatic carbocycles. The Morgan fingerprint density at radius 3 is 2.96 bits per heavy atom. The molecule has 1 saturated heterocycles. The van der Waals surface area contributed by atoms with Crippen molar-refractivity contribution in [2.75, 3.05) is 26.6 Å². The number of hydrogen-bond donors (Lipinski definition) is 2. The highest BCUT2D eigenvalue weighted by Crippen LogP contribution is 2.31. The van der Waals surface area contributed by atoms with Crippen LogP contribution in [0.15, 0.2) is 24.3 Å². The van der Waals surface area contributed by atoms with E-state index in [1.54, 1.807) is 17.0 Å². The molecule has 7 heteroatoms. The summed E-state index contributed by atoms with van der Waals surface area (Å²) < 4.78 is 21.6. The molecule has 2 fully saturated rings. The van der Waals surface area contributed by atoms with Crippen molar-refractivity contribution in [1.82, 2.24) is 20.4 Å². The van der Waals surface area contributed by atoms with Crippen LogP contribution < -0.4 is 10.6 Å². The molecule has 0 aromatic heterocycles. The molecule has 1 atom stereocenters. The number of amides is 4. The van der Waals surface area contributed by atoms with Crippen LogP contribution in [0.25, 0.3) is 0 Å². The van der Waals surface area contributed by atoms with Crippen LogP contribution >= 0.6 is 11.6 Å². The zero-order valence-electron chi connectivity index (χ0n) is 18.0. The van der Waals surface area contributed by atoms with Gasteiger partial charge in [-0.15, -0.1) is 0 Å². The Kier molecular flexibility index (Phi) is 5.22. The first-order valence-corrected chi connectivity index (χ1v) is 9.48. The molecular weight excluding hydrogens is 364 g/mol. The summed E-state index contributed by atoms with van der Waals surface area (Å²) in [7, 11) is 0. The number of carbonyl (C=O) groups excluding carboxylic acids is 2. The predicted octanol–water partition coefficient (Wildman–Crippen LogP) is 2.67. The summed E-state index contributed by atoms with van der Waals surface area (Å²) in [6.45, 7) is -1.53. The Bertz CT molecular complexity index is 848. The summed E-state index contributed by atoms with van der Waals surface area (Å²) in [4.78, 5) is 28.3. The third kappa shape index (κ3) is 5.30. The molecular formula is C20H25ClN4O2. The minimum atomic E-state index is -2.53. The van der Waals surface area contributed by atoms with E-state index in [0.717, 1.165) is 24.8 Å². The summed E-state index contributed by atoms with van der Waals surface area (Å²) in [5.74, 6) is 5.89. The van der Waals surface area contributed by atoms with Crippen LogP contribution in [0.4, 0.5) is 9.59 Å². The number of urea groups is 2. The first-order chi connectivity index (χ1) is 14.2. The van der Waals surface area contributed by atoms with E-state index in [9.17, 15) is 9.59 Å². The van der Waals surface area contributed by atoms with Crippen LogP contribution in [-0.2, 0) is 0 Å². The number of carbonyl (C=O) groups is 2. The van der Waals surface area contributed by atoms with Gasteiger partial charge in [-0.1, -0.05) is 29.5 Å². The molecule has 1 heterocycles. The molecule has 1 aliphatic carbocycles. The number of nitrogens with one attached hydrogen (secondary N) is 2. The number of rotatable bonds is 3. The van der Waals surface area contributed by atoms with Gasteiger partial charge < -0.3 is 20.4 Å². The minimum Gasteiger partial charge on any atom is -0.341 e. The van der Waals surface area contributed by atoms with E-state index >= 15 is 0 Å². The van der Waals surface area contributed by atoms with Gasteiger partial charge in [-0.2, -0.15) is 0 Å². The second kappa shape index (κ2) is 9.01. The Balaban J connectivity index is 1.57. The molecule has 1 aliphatic heterocycles. The van der Waals surface area contributed by atoms with Gasteiger partial charge >= 0.3 is 12.1 Å². The van der Waals surface area contributed by atoms with Crippen molar-refractivity contribution < 1.29 is 13.7 Å². The van der Waals surface area contributed by atoms with Gasteiger partial charge in [-0.3, -0.25) is 0 Å². The second-order valence-electron chi connectivity index (χ2n) is 6.78. The number of piperidine rings is 1. The average molecular weight is 392 g/mol. The van der Waals surface area contributed by atoms with Gasteiger partial charge in [0.1, 0.15) is 0 Å². The molecule has 2 aliphatic rings. The van der Waals surface area contributed by atoms with Crippen LogP contribution in [0.5, 0.6) is 0 Å². The smallest absolute Gasteiger partial charge is 0.318 e. The maximum Gasteiger partial charge on any atom is 0.318 e. The van der Waals surface area contributed by atoms with E-state index in [-0.39, 0.29) is 24.7 Å². The third-order valence-electron chi connectivity index (χ3n) is 4.74. The normalized spacial score (nSPS) is 21.0. The Morgan fingerprint density at radius 1 is 1.37 bits per heavy atom. The minimum absolute atomic E-state index is 0.144. The molecule has 6 nitrogen and oxygen atoms in total. The molecule has 1 saturated carbocycles. The van der Waals surface area contributed by atoms with Gasteiger partial charge in [-0.25, -0.2) is 9.59 Å². The number of hydrogen-bond acceptors (Lipinski definition) is 2. The lowest BCUT2D eigenvalue weighted by Crippen LogP contribution is -2.56. The van der Waals surface area contributed by atoms with Crippen LogP contribution in [-0.4, -0.2) is 60.6 Å². The Morgan fingerprint density at radius 2 is 2.22 bits per heavy atom. The van der Waals surface area contributed by atoms with E-state index in [0.29, 0.717) is 24.5 Å². The van der Waals surface area contributed by atoms with E-state index < -0.39 is 13.0 Å². The maximum absolute atomic E-state index is 12.8. The molecule has 27 heavy (non-hydrogen) atoms. The summed E-state index contributed by atoms with van der Waals surface area (Å²) in [6, 6.07) is 6.37. The van der Waals surface area contributed by atoms with Crippen LogP contribution in [0.2, 0.25) is 5.02 Å². The number of likely N-dealkylation sites (tertiary alicyclic amines) is 1. The van der Waals surface area contributed by atoms with Gasteiger partial charge in [0.25, 0.3) is 0 Å². The molecule has 0 bridgehead atoms. The van der Waals surface area contributed by atoms with Gasteiger partial charge in [0.2, 0.25) is 0 Å². The largest absolute Gasteiger partial charge is 0.341 e. The molecule has 3 rings (SSSR count). The first kappa shape index (κ1) is 15.6. The van der Waals surface area contributed by atoms with Crippen LogP contribution in [0, 0.1) is 11.8 Å². The highest BCUT2D eigenvalue weighted by Gasteiger charge is 2.39. The van der Waals surface area contributed by atoms with Gasteiger partial charge in [0.05, 0.1) is 12.6 Å². The van der Waals surface area contributed by atoms with Crippen molar-refractivity contribution in [3.63, 3.8) is 0 Å². The molecule has 0 radical (unpaired) electrons. The Hall–Kier alpha value is -2.39. The molecule has 4 amide bonds. The standard InChI is InChI=1S/C20H25ClN4O2/c1-22-19(26)24-12-4-8-18(14-24)25(17-9-10-17)20(27)23-11-3-6-15-5-2-7-16(21)13-15/h2,5,7,13,17-18H,4,8-12,14H2,1H3,(H,22,26)(H,23,27)/t18-/m1/s1/i1D3. The van der Waals surface area contributed by atoms with Gasteiger partial charge in [0, 0.05) is 40.8 Å². The van der Waals surface area contributed by atoms with Crippen molar-refractivity contribution >= 4 is 23.7 Å². The molecule has 2 N–H and O–H groups in total. The lowest BCUT2D eigenvalue weighted by molar-refractivity contribution is 0.116. The second-order valence-corrected chi connectivity index (χ2v) is 7.22. The summed E-state index contributed by atoms with van der Waals surface area (Å²) in [5, 5.41) is 5.47. The number of benzene rings is 1. The van der Waals surface area contributed by atoms with Gasteiger partial charge in [-0.05, 0) is 43.9 Å². The summed E-state index contributed by atoms with van der Waals surface area (Å²) >= 11 is 5.94. The van der Waals surface area contributed by atoms with E-state index in [1.807, 2.05) is 17.4 Å². The molecule has 0 spiro atoms. The monoisotopic (exact) mass is 391 g/mol. The quantitative estimate of drug-likeness (QED) is 0.778. The Labute approximate surface area is 169 Å². The lowest BCUT2D eigenvalue weighted by Gasteiger charge is -2.39. The number of halogens is 1. The van der Waals surface area contributed by atoms with Crippen molar-refractivity contribution in [3.05, 3.63) is 34.9 Å². The van der Waals surface area contributed by atoms with Gasteiger partial charge in [0.15, 0.2) is 0 Å². The van der Waals surface area contributed by atoms with Crippen LogP contribution in [0.1, 0.15) is 35.4 Å². The molecule has 1 aromatic rings. The maximum atomic E-state index is 12.8. The summed E-state index contributed by atoms with van der Waals surface area (Å²) in [5.41, 5.74) is 0.777. The van der Waals surface area contributed by atoms with E-state index in [2.05, 4.69) is 17.2 Å². The molecule has 144 valence electrons. The zero-order valence-corrected chi connectivity index (χ0v) is 15.8. The zero-order chi connectivity index (χ0) is 21.7. The fraction of sp³-hybridized carbons (Fsp3) is 0.500. The van der Waals surface area contributed by atoms with Crippen molar-refractivity contribution in [2.24, 2.45) is 0 Å². The third-order valence-corrected chi connectivity index (χ3v) is 4.98. The van der Waals surface area contributed by atoms with Crippen molar-refractivity contribution in [2.45, 2.75) is 37.8 Å². The average Bonchev–Trinajstić information content (AvgIpc) is 3.49. The van der Waals surface area contributed by atoms with Crippen molar-refractivity contribution in [3.8, 4) is 11.8 Å². The fourth-order valence-electron chi connectivity index (χ4n) is 3.35. The highest BCUT2D eigenvalue weighted by molar-refractivity contribution is 6.30. The predicted molar refractivity (Wildman–Crippen MR) is 106 cm³/mol. The summed E-state index contributed by atoms with van der Waals surface area (Å²) in [6.07, 6.45) is 3.35. The molecule has 0 unspecified atom stereocenters. The highest BCUT2D eigenvalue weighted by atomic mass is 35.5. The topological polar surface area (TPSA) is 64.7 Å².